The van der Waals surface area contributed by atoms with E-state index in [1.165, 1.54) is 6.07 Å². The van der Waals surface area contributed by atoms with Crippen molar-refractivity contribution in [1.82, 2.24) is 4.72 Å². The zero-order chi connectivity index (χ0) is 13.6. The van der Waals surface area contributed by atoms with E-state index in [-0.39, 0.29) is 11.5 Å². The number of aryl methyl sites for hydroxylation is 1. The van der Waals surface area contributed by atoms with Gasteiger partial charge in [0.05, 0.1) is 4.90 Å². The van der Waals surface area contributed by atoms with Crippen molar-refractivity contribution in [2.24, 2.45) is 0 Å². The second-order valence-corrected chi connectivity index (χ2v) is 6.26. The van der Waals surface area contributed by atoms with Crippen molar-refractivity contribution < 1.29 is 13.5 Å². The zero-order valence-corrected chi connectivity index (χ0v) is 11.9. The van der Waals surface area contributed by atoms with E-state index < -0.39 is 10.0 Å². The number of hydrogen-bond acceptors (Lipinski definition) is 3. The number of unbranched alkanes of at least 4 members (excludes halogenated alkanes) is 2. The molecule has 1 aromatic rings. The number of benzene rings is 1. The molecule has 0 heterocycles. The van der Waals surface area contributed by atoms with Crippen LogP contribution in [0, 0.1) is 6.92 Å². The predicted octanol–water partition coefficient (Wildman–Crippen LogP) is 2.09. The molecule has 4 nitrogen and oxygen atoms in total. The summed E-state index contributed by atoms with van der Waals surface area (Å²) in [6.45, 7) is 2.24. The number of hydrogen-bond donors (Lipinski definition) is 2. The molecule has 1 aromatic carbocycles. The molecule has 0 bridgehead atoms. The predicted molar refractivity (Wildman–Crippen MR) is 72.3 cm³/mol. The van der Waals surface area contributed by atoms with Gasteiger partial charge < -0.3 is 5.11 Å². The maximum absolute atomic E-state index is 12.0. The smallest absolute Gasteiger partial charge is 0.240 e. The van der Waals surface area contributed by atoms with Crippen LogP contribution in [0.3, 0.4) is 0 Å². The molecule has 0 saturated heterocycles. The topological polar surface area (TPSA) is 66.4 Å². The van der Waals surface area contributed by atoms with E-state index >= 15 is 0 Å². The average molecular weight is 292 g/mol. The SMILES string of the molecule is Cc1cc(Cl)ccc1S(=O)(=O)NCCCCCO. The lowest BCUT2D eigenvalue weighted by Crippen LogP contribution is -2.25. The van der Waals surface area contributed by atoms with Gasteiger partial charge in [0.1, 0.15) is 0 Å². The number of halogens is 1. The van der Waals surface area contributed by atoms with Gasteiger partial charge in [-0.3, -0.25) is 0 Å². The summed E-state index contributed by atoms with van der Waals surface area (Å²) in [5.74, 6) is 0. The average Bonchev–Trinajstić information content (AvgIpc) is 2.28. The van der Waals surface area contributed by atoms with Crippen molar-refractivity contribution in [1.29, 1.82) is 0 Å². The van der Waals surface area contributed by atoms with E-state index in [2.05, 4.69) is 4.72 Å². The monoisotopic (exact) mass is 291 g/mol. The van der Waals surface area contributed by atoms with Crippen molar-refractivity contribution in [3.8, 4) is 0 Å². The van der Waals surface area contributed by atoms with Crippen LogP contribution in [0.2, 0.25) is 5.02 Å². The fourth-order valence-corrected chi connectivity index (χ4v) is 3.14. The molecule has 6 heteroatoms. The molecule has 1 rings (SSSR count). The minimum Gasteiger partial charge on any atom is -0.396 e. The van der Waals surface area contributed by atoms with Crippen LogP contribution in [0.4, 0.5) is 0 Å². The number of nitrogens with one attached hydrogen (secondary N) is 1. The van der Waals surface area contributed by atoms with Gasteiger partial charge in [0, 0.05) is 18.2 Å². The second-order valence-electron chi connectivity index (χ2n) is 4.09. The first-order chi connectivity index (χ1) is 8.47. The Balaban J connectivity index is 2.63. The molecule has 0 aliphatic heterocycles. The Morgan fingerprint density at radius 3 is 2.61 bits per heavy atom. The quantitative estimate of drug-likeness (QED) is 0.756. The molecule has 0 fully saturated rings. The highest BCUT2D eigenvalue weighted by molar-refractivity contribution is 7.89. The van der Waals surface area contributed by atoms with Gasteiger partial charge in [-0.25, -0.2) is 13.1 Å². The Bertz CT molecular complexity index is 488. The molecule has 0 radical (unpaired) electrons. The van der Waals surface area contributed by atoms with Crippen LogP contribution in [0.15, 0.2) is 23.1 Å². The van der Waals surface area contributed by atoms with Gasteiger partial charge in [-0.15, -0.1) is 0 Å². The molecule has 0 spiro atoms. The maximum atomic E-state index is 12.0. The third-order valence-electron chi connectivity index (χ3n) is 2.55. The highest BCUT2D eigenvalue weighted by Crippen LogP contribution is 2.19. The summed E-state index contributed by atoms with van der Waals surface area (Å²) in [6, 6.07) is 4.70. The number of aliphatic hydroxyl groups is 1. The number of sulfonamides is 1. The Hall–Kier alpha value is -0.620. The van der Waals surface area contributed by atoms with Crippen molar-refractivity contribution in [2.75, 3.05) is 13.2 Å². The number of rotatable bonds is 7. The molecule has 0 aliphatic rings. The van der Waals surface area contributed by atoms with Crippen LogP contribution in [0.25, 0.3) is 0 Å². The molecule has 0 amide bonds. The van der Waals surface area contributed by atoms with E-state index in [9.17, 15) is 8.42 Å². The van der Waals surface area contributed by atoms with Crippen LogP contribution in [-0.2, 0) is 10.0 Å². The third kappa shape index (κ3) is 4.57. The molecular formula is C12H18ClNO3S. The highest BCUT2D eigenvalue weighted by Gasteiger charge is 2.15. The summed E-state index contributed by atoms with van der Waals surface area (Å²) in [4.78, 5) is 0.258. The van der Waals surface area contributed by atoms with E-state index in [1.807, 2.05) is 0 Å². The fourth-order valence-electron chi connectivity index (χ4n) is 1.61. The van der Waals surface area contributed by atoms with Crippen LogP contribution in [0.1, 0.15) is 24.8 Å². The van der Waals surface area contributed by atoms with Crippen molar-refractivity contribution in [3.63, 3.8) is 0 Å². The largest absolute Gasteiger partial charge is 0.396 e. The molecule has 0 aliphatic carbocycles. The maximum Gasteiger partial charge on any atom is 0.240 e. The van der Waals surface area contributed by atoms with Gasteiger partial charge in [0.2, 0.25) is 10.0 Å². The third-order valence-corrected chi connectivity index (χ3v) is 4.41. The lowest BCUT2D eigenvalue weighted by molar-refractivity contribution is 0.283. The first-order valence-corrected chi connectivity index (χ1v) is 7.70. The van der Waals surface area contributed by atoms with E-state index in [1.54, 1.807) is 19.1 Å². The molecule has 0 aromatic heterocycles. The van der Waals surface area contributed by atoms with Crippen LogP contribution in [0.5, 0.6) is 0 Å². The minimum absolute atomic E-state index is 0.142. The van der Waals surface area contributed by atoms with Gasteiger partial charge in [0.25, 0.3) is 0 Å². The summed E-state index contributed by atoms with van der Waals surface area (Å²) in [5, 5.41) is 9.14. The van der Waals surface area contributed by atoms with E-state index in [4.69, 9.17) is 16.7 Å². The molecule has 0 unspecified atom stereocenters. The van der Waals surface area contributed by atoms with Gasteiger partial charge in [-0.2, -0.15) is 0 Å². The molecule has 0 atom stereocenters. The van der Waals surface area contributed by atoms with Crippen molar-refractivity contribution >= 4 is 21.6 Å². The highest BCUT2D eigenvalue weighted by atomic mass is 35.5. The van der Waals surface area contributed by atoms with Crippen molar-refractivity contribution in [2.45, 2.75) is 31.1 Å². The summed E-state index contributed by atoms with van der Waals surface area (Å²) in [7, 11) is -3.47. The molecule has 0 saturated carbocycles. The van der Waals surface area contributed by atoms with E-state index in [0.717, 1.165) is 6.42 Å². The molecule has 2 N–H and O–H groups in total. The Labute approximate surface area is 113 Å². The zero-order valence-electron chi connectivity index (χ0n) is 10.3. The normalized spacial score (nSPS) is 11.7. The van der Waals surface area contributed by atoms with Crippen LogP contribution in [-0.4, -0.2) is 26.7 Å². The first-order valence-electron chi connectivity index (χ1n) is 5.84. The van der Waals surface area contributed by atoms with E-state index in [0.29, 0.717) is 30.0 Å². The number of aliphatic hydroxyl groups excluding tert-OH is 1. The summed E-state index contributed by atoms with van der Waals surface area (Å²) >= 11 is 5.79. The van der Waals surface area contributed by atoms with Crippen molar-refractivity contribution in [3.05, 3.63) is 28.8 Å². The fraction of sp³-hybridized carbons (Fsp3) is 0.500. The molecule has 102 valence electrons. The Kier molecular flexibility index (Phi) is 6.08. The summed E-state index contributed by atoms with van der Waals surface area (Å²) in [6.07, 6.45) is 2.22. The molecular weight excluding hydrogens is 274 g/mol. The molecule has 18 heavy (non-hydrogen) atoms. The van der Waals surface area contributed by atoms with Gasteiger partial charge in [-0.1, -0.05) is 11.6 Å². The lowest BCUT2D eigenvalue weighted by atomic mass is 10.2. The second kappa shape index (κ2) is 7.09. The first kappa shape index (κ1) is 15.4. The Morgan fingerprint density at radius 1 is 1.28 bits per heavy atom. The lowest BCUT2D eigenvalue weighted by Gasteiger charge is -2.09. The Morgan fingerprint density at radius 2 is 2.00 bits per heavy atom. The minimum atomic E-state index is -3.47. The van der Waals surface area contributed by atoms with Gasteiger partial charge in [0.15, 0.2) is 0 Å². The summed E-state index contributed by atoms with van der Waals surface area (Å²) in [5.41, 5.74) is 0.630. The van der Waals surface area contributed by atoms with Crippen LogP contribution < -0.4 is 4.72 Å². The standard InChI is InChI=1S/C12H18ClNO3S/c1-10-9-11(13)5-6-12(10)18(16,17)14-7-3-2-4-8-15/h5-6,9,14-15H,2-4,7-8H2,1H3. The van der Waals surface area contributed by atoms with Gasteiger partial charge >= 0.3 is 0 Å². The summed E-state index contributed by atoms with van der Waals surface area (Å²) < 4.78 is 26.5. The van der Waals surface area contributed by atoms with Crippen LogP contribution >= 0.6 is 11.6 Å². The van der Waals surface area contributed by atoms with Gasteiger partial charge in [-0.05, 0) is 49.9 Å².